The van der Waals surface area contributed by atoms with E-state index in [1.807, 2.05) is 0 Å². The average Bonchev–Trinajstić information content (AvgIpc) is 2.46. The summed E-state index contributed by atoms with van der Waals surface area (Å²) in [6.07, 6.45) is 3.65. The Labute approximate surface area is 115 Å². The largest absolute Gasteiger partial charge is 0.493 e. The molecule has 3 heteroatoms. The van der Waals surface area contributed by atoms with Gasteiger partial charge in [0.2, 0.25) is 0 Å². The molecule has 0 bridgehead atoms. The predicted octanol–water partition coefficient (Wildman–Crippen LogP) is 2.10. The molecule has 3 rings (SSSR count). The lowest BCUT2D eigenvalue weighted by atomic mass is 9.84. The number of piperidine rings is 1. The Morgan fingerprint density at radius 3 is 3.00 bits per heavy atom. The van der Waals surface area contributed by atoms with Gasteiger partial charge in [0, 0.05) is 18.5 Å². The summed E-state index contributed by atoms with van der Waals surface area (Å²) in [4.78, 5) is 0. The Morgan fingerprint density at radius 1 is 1.21 bits per heavy atom. The van der Waals surface area contributed by atoms with Crippen LogP contribution >= 0.6 is 0 Å². The molecular formula is C16H24N2O. The first-order valence-electron chi connectivity index (χ1n) is 7.41. The van der Waals surface area contributed by atoms with Gasteiger partial charge < -0.3 is 15.4 Å². The topological polar surface area (TPSA) is 33.3 Å². The van der Waals surface area contributed by atoms with E-state index in [1.54, 1.807) is 0 Å². The SMILES string of the molecule is CC1(COc2ccc3c(c2)CNCC3)CCCNC1. The molecule has 1 aromatic rings. The summed E-state index contributed by atoms with van der Waals surface area (Å²) in [5.41, 5.74) is 3.15. The van der Waals surface area contributed by atoms with E-state index in [1.165, 1.54) is 24.0 Å². The zero-order chi connectivity index (χ0) is 13.1. The van der Waals surface area contributed by atoms with Gasteiger partial charge in [-0.3, -0.25) is 0 Å². The smallest absolute Gasteiger partial charge is 0.119 e. The van der Waals surface area contributed by atoms with Crippen molar-refractivity contribution in [3.05, 3.63) is 29.3 Å². The van der Waals surface area contributed by atoms with Crippen LogP contribution in [0.4, 0.5) is 0 Å². The Hall–Kier alpha value is -1.06. The quantitative estimate of drug-likeness (QED) is 0.873. The summed E-state index contributed by atoms with van der Waals surface area (Å²) in [6.45, 7) is 7.42. The third-order valence-corrected chi connectivity index (χ3v) is 4.34. The first-order valence-corrected chi connectivity index (χ1v) is 7.41. The van der Waals surface area contributed by atoms with E-state index < -0.39 is 0 Å². The minimum atomic E-state index is 0.284. The molecule has 1 aromatic carbocycles. The van der Waals surface area contributed by atoms with Gasteiger partial charge in [-0.1, -0.05) is 13.0 Å². The molecule has 2 heterocycles. The standard InChI is InChI=1S/C16H24N2O/c1-16(6-2-7-18-11-16)12-19-15-4-3-13-5-8-17-10-14(13)9-15/h3-4,9,17-18H,2,5-8,10-12H2,1H3. The summed E-state index contributed by atoms with van der Waals surface area (Å²) in [6, 6.07) is 6.57. The fourth-order valence-corrected chi connectivity index (χ4v) is 3.05. The molecule has 0 amide bonds. The van der Waals surface area contributed by atoms with Crippen LogP contribution < -0.4 is 15.4 Å². The summed E-state index contributed by atoms with van der Waals surface area (Å²) < 4.78 is 6.05. The highest BCUT2D eigenvalue weighted by Crippen LogP contribution is 2.27. The molecule has 1 saturated heterocycles. The minimum Gasteiger partial charge on any atom is -0.493 e. The molecule has 2 aliphatic rings. The fraction of sp³-hybridized carbons (Fsp3) is 0.625. The lowest BCUT2D eigenvalue weighted by Gasteiger charge is -2.33. The van der Waals surface area contributed by atoms with Crippen LogP contribution in [0.1, 0.15) is 30.9 Å². The molecule has 1 fully saturated rings. The van der Waals surface area contributed by atoms with Gasteiger partial charge in [-0.05, 0) is 55.6 Å². The third kappa shape index (κ3) is 3.10. The molecule has 2 N–H and O–H groups in total. The number of ether oxygens (including phenoxy) is 1. The van der Waals surface area contributed by atoms with Crippen LogP contribution in [0.15, 0.2) is 18.2 Å². The van der Waals surface area contributed by atoms with Crippen LogP contribution in [-0.2, 0) is 13.0 Å². The van der Waals surface area contributed by atoms with E-state index in [-0.39, 0.29) is 5.41 Å². The lowest BCUT2D eigenvalue weighted by molar-refractivity contribution is 0.128. The van der Waals surface area contributed by atoms with Gasteiger partial charge in [-0.25, -0.2) is 0 Å². The highest BCUT2D eigenvalue weighted by atomic mass is 16.5. The van der Waals surface area contributed by atoms with Gasteiger partial charge in [0.25, 0.3) is 0 Å². The van der Waals surface area contributed by atoms with Gasteiger partial charge >= 0.3 is 0 Å². The van der Waals surface area contributed by atoms with E-state index in [0.29, 0.717) is 0 Å². The van der Waals surface area contributed by atoms with E-state index in [9.17, 15) is 0 Å². The Morgan fingerprint density at radius 2 is 2.16 bits per heavy atom. The molecule has 104 valence electrons. The van der Waals surface area contributed by atoms with Crippen molar-refractivity contribution in [3.63, 3.8) is 0 Å². The number of benzene rings is 1. The number of rotatable bonds is 3. The summed E-state index contributed by atoms with van der Waals surface area (Å²) in [5, 5.41) is 6.89. The van der Waals surface area contributed by atoms with Crippen LogP contribution in [-0.4, -0.2) is 26.2 Å². The maximum atomic E-state index is 6.05. The summed E-state index contributed by atoms with van der Waals surface area (Å²) in [7, 11) is 0. The van der Waals surface area contributed by atoms with Crippen molar-refractivity contribution < 1.29 is 4.74 Å². The van der Waals surface area contributed by atoms with Crippen molar-refractivity contribution in [1.82, 2.24) is 10.6 Å². The highest BCUT2D eigenvalue weighted by molar-refractivity contribution is 5.37. The van der Waals surface area contributed by atoms with E-state index in [2.05, 4.69) is 35.8 Å². The molecule has 3 nitrogen and oxygen atoms in total. The molecule has 2 aliphatic heterocycles. The normalized spacial score (nSPS) is 26.8. The van der Waals surface area contributed by atoms with Crippen molar-refractivity contribution in [2.24, 2.45) is 5.41 Å². The Balaban J connectivity index is 1.63. The fourth-order valence-electron chi connectivity index (χ4n) is 3.05. The van der Waals surface area contributed by atoms with Gasteiger partial charge in [-0.2, -0.15) is 0 Å². The van der Waals surface area contributed by atoms with Crippen molar-refractivity contribution in [3.8, 4) is 5.75 Å². The lowest BCUT2D eigenvalue weighted by Crippen LogP contribution is -2.41. The second-order valence-electron chi connectivity index (χ2n) is 6.24. The zero-order valence-electron chi connectivity index (χ0n) is 11.8. The molecule has 0 aliphatic carbocycles. The van der Waals surface area contributed by atoms with Crippen molar-refractivity contribution in [2.45, 2.75) is 32.7 Å². The summed E-state index contributed by atoms with van der Waals surface area (Å²) >= 11 is 0. The molecule has 0 radical (unpaired) electrons. The van der Waals surface area contributed by atoms with Crippen LogP contribution in [0.3, 0.4) is 0 Å². The molecule has 1 unspecified atom stereocenters. The zero-order valence-corrected chi connectivity index (χ0v) is 11.8. The van der Waals surface area contributed by atoms with Crippen LogP contribution in [0, 0.1) is 5.41 Å². The molecule has 19 heavy (non-hydrogen) atoms. The number of nitrogens with one attached hydrogen (secondary N) is 2. The van der Waals surface area contributed by atoms with Crippen LogP contribution in [0.25, 0.3) is 0 Å². The van der Waals surface area contributed by atoms with Gasteiger partial charge in [-0.15, -0.1) is 0 Å². The van der Waals surface area contributed by atoms with Crippen molar-refractivity contribution in [1.29, 1.82) is 0 Å². The third-order valence-electron chi connectivity index (χ3n) is 4.34. The van der Waals surface area contributed by atoms with Crippen molar-refractivity contribution in [2.75, 3.05) is 26.2 Å². The van der Waals surface area contributed by atoms with E-state index in [4.69, 9.17) is 4.74 Å². The minimum absolute atomic E-state index is 0.284. The Kier molecular flexibility index (Phi) is 3.76. The highest BCUT2D eigenvalue weighted by Gasteiger charge is 2.27. The molecule has 0 aromatic heterocycles. The van der Waals surface area contributed by atoms with Gasteiger partial charge in [0.1, 0.15) is 5.75 Å². The number of hydrogen-bond donors (Lipinski definition) is 2. The van der Waals surface area contributed by atoms with E-state index in [0.717, 1.165) is 45.0 Å². The van der Waals surface area contributed by atoms with Gasteiger partial charge in [0.15, 0.2) is 0 Å². The first kappa shape index (κ1) is 12.9. The second kappa shape index (κ2) is 5.51. The predicted molar refractivity (Wildman–Crippen MR) is 77.6 cm³/mol. The first-order chi connectivity index (χ1) is 9.25. The molecule has 1 atom stereocenters. The maximum Gasteiger partial charge on any atom is 0.119 e. The number of hydrogen-bond acceptors (Lipinski definition) is 3. The maximum absolute atomic E-state index is 6.05. The summed E-state index contributed by atoms with van der Waals surface area (Å²) in [5.74, 6) is 1.02. The molecular weight excluding hydrogens is 236 g/mol. The second-order valence-corrected chi connectivity index (χ2v) is 6.24. The van der Waals surface area contributed by atoms with Crippen LogP contribution in [0.2, 0.25) is 0 Å². The Bertz CT molecular complexity index is 438. The van der Waals surface area contributed by atoms with Crippen LogP contribution in [0.5, 0.6) is 5.75 Å². The average molecular weight is 260 g/mol. The van der Waals surface area contributed by atoms with E-state index >= 15 is 0 Å². The van der Waals surface area contributed by atoms with Gasteiger partial charge in [0.05, 0.1) is 6.61 Å². The molecule has 0 spiro atoms. The monoisotopic (exact) mass is 260 g/mol. The number of fused-ring (bicyclic) bond motifs is 1. The molecule has 0 saturated carbocycles. The van der Waals surface area contributed by atoms with Crippen molar-refractivity contribution >= 4 is 0 Å².